The van der Waals surface area contributed by atoms with Crippen LogP contribution in [0.4, 0.5) is 10.5 Å². The summed E-state index contributed by atoms with van der Waals surface area (Å²) in [6.07, 6.45) is 5.69. The number of phenolic OH excluding ortho intramolecular Hbond substituents is 1. The van der Waals surface area contributed by atoms with Crippen molar-refractivity contribution in [2.75, 3.05) is 31.6 Å². The largest absolute Gasteiger partial charge is 0.506 e. The molecular formula is C22H29N3O6. The first kappa shape index (κ1) is 22.5. The monoisotopic (exact) mass is 431 g/mol. The Balaban J connectivity index is 1.66. The molecule has 3 rings (SSSR count). The number of anilines is 1. The highest BCUT2D eigenvalue weighted by atomic mass is 16.5. The fourth-order valence-corrected chi connectivity index (χ4v) is 4.18. The smallest absolute Gasteiger partial charge is 0.407 e. The Morgan fingerprint density at radius 3 is 2.61 bits per heavy atom. The molecule has 0 unspecified atom stereocenters. The Bertz CT molecular complexity index is 850. The van der Waals surface area contributed by atoms with Gasteiger partial charge in [-0.25, -0.2) is 4.79 Å². The van der Waals surface area contributed by atoms with Gasteiger partial charge in [0.15, 0.2) is 12.4 Å². The zero-order valence-corrected chi connectivity index (χ0v) is 17.5. The molecule has 0 aromatic heterocycles. The summed E-state index contributed by atoms with van der Waals surface area (Å²) >= 11 is 0. The van der Waals surface area contributed by atoms with Crippen molar-refractivity contribution >= 4 is 23.6 Å². The normalized spacial score (nSPS) is 15.9. The molecule has 1 aliphatic heterocycles. The minimum atomic E-state index is -1.07. The van der Waals surface area contributed by atoms with E-state index in [1.165, 1.54) is 17.0 Å². The minimum absolute atomic E-state index is 0.104. The zero-order valence-electron chi connectivity index (χ0n) is 17.5. The van der Waals surface area contributed by atoms with Crippen molar-refractivity contribution in [2.24, 2.45) is 0 Å². The van der Waals surface area contributed by atoms with E-state index in [1.807, 2.05) is 0 Å². The molecule has 0 spiro atoms. The maximum Gasteiger partial charge on any atom is 0.407 e. The number of aromatic hydroxyl groups is 1. The summed E-state index contributed by atoms with van der Waals surface area (Å²) in [6.45, 7) is 4.10. The second-order valence-corrected chi connectivity index (χ2v) is 7.83. The summed E-state index contributed by atoms with van der Waals surface area (Å²) in [5, 5.41) is 22.2. The van der Waals surface area contributed by atoms with E-state index in [2.05, 4.69) is 11.9 Å². The molecule has 0 saturated heterocycles. The highest BCUT2D eigenvalue weighted by Crippen LogP contribution is 2.39. The fourth-order valence-electron chi connectivity index (χ4n) is 4.18. The van der Waals surface area contributed by atoms with E-state index in [9.17, 15) is 24.6 Å². The van der Waals surface area contributed by atoms with Gasteiger partial charge in [0.25, 0.3) is 5.91 Å². The van der Waals surface area contributed by atoms with Gasteiger partial charge in [-0.1, -0.05) is 31.9 Å². The van der Waals surface area contributed by atoms with Crippen molar-refractivity contribution in [3.63, 3.8) is 0 Å². The number of fused-ring (bicyclic) bond motifs is 1. The van der Waals surface area contributed by atoms with Gasteiger partial charge in [0.05, 0.1) is 0 Å². The third-order valence-electron chi connectivity index (χ3n) is 5.83. The number of nitrogens with one attached hydrogen (secondary N) is 1. The Morgan fingerprint density at radius 2 is 1.94 bits per heavy atom. The number of carbonyl (C=O) groups excluding carboxylic acids is 2. The van der Waals surface area contributed by atoms with Crippen molar-refractivity contribution in [1.29, 1.82) is 0 Å². The highest BCUT2D eigenvalue weighted by molar-refractivity contribution is 5.97. The van der Waals surface area contributed by atoms with Gasteiger partial charge in [-0.15, -0.1) is 0 Å². The van der Waals surface area contributed by atoms with Gasteiger partial charge < -0.3 is 30.1 Å². The molecule has 9 heteroatoms. The predicted molar refractivity (Wildman–Crippen MR) is 114 cm³/mol. The number of hydrogen-bond acceptors (Lipinski definition) is 5. The van der Waals surface area contributed by atoms with Crippen molar-refractivity contribution in [1.82, 2.24) is 9.80 Å². The maximum absolute atomic E-state index is 12.4. The van der Waals surface area contributed by atoms with E-state index >= 15 is 0 Å². The Kier molecular flexibility index (Phi) is 7.38. The van der Waals surface area contributed by atoms with Crippen LogP contribution in [0.15, 0.2) is 24.8 Å². The van der Waals surface area contributed by atoms with E-state index < -0.39 is 6.09 Å². The Labute approximate surface area is 181 Å². The first-order valence-electron chi connectivity index (χ1n) is 10.6. The molecule has 168 valence electrons. The molecule has 3 amide bonds. The third kappa shape index (κ3) is 5.48. The van der Waals surface area contributed by atoms with Crippen LogP contribution in [0, 0.1) is 0 Å². The first-order valence-corrected chi connectivity index (χ1v) is 10.6. The number of ether oxygens (including phenoxy) is 1. The summed E-state index contributed by atoms with van der Waals surface area (Å²) < 4.78 is 5.46. The van der Waals surface area contributed by atoms with Crippen LogP contribution in [0.2, 0.25) is 0 Å². The van der Waals surface area contributed by atoms with Crippen LogP contribution in [0.3, 0.4) is 0 Å². The molecule has 3 N–H and O–H groups in total. The van der Waals surface area contributed by atoms with Crippen molar-refractivity contribution in [2.45, 2.75) is 44.6 Å². The number of amides is 3. The van der Waals surface area contributed by atoms with E-state index in [4.69, 9.17) is 4.74 Å². The standard InChI is InChI=1S/C22H29N3O6/c1-2-19(28)25(16-6-4-3-5-7-16)13-12-24(22(29)30)11-10-15-8-9-17(26)20-21(15)31-14-18(27)23-20/h2,8-9,16,26H,1,3-7,10-14H2,(H,23,27)(H,29,30). The topological polar surface area (TPSA) is 119 Å². The molecule has 0 atom stereocenters. The van der Waals surface area contributed by atoms with E-state index in [-0.39, 0.29) is 49.0 Å². The molecule has 1 fully saturated rings. The van der Waals surface area contributed by atoms with Crippen LogP contribution in [0.25, 0.3) is 0 Å². The molecule has 0 radical (unpaired) electrons. The number of carbonyl (C=O) groups is 3. The molecule has 1 aromatic carbocycles. The SMILES string of the molecule is C=CC(=O)N(CCN(CCc1ccc(O)c2c1OCC(=O)N2)C(=O)O)C1CCCCC1. The number of rotatable bonds is 8. The van der Waals surface area contributed by atoms with Crippen LogP contribution >= 0.6 is 0 Å². The molecule has 0 bridgehead atoms. The zero-order chi connectivity index (χ0) is 22.4. The average Bonchev–Trinajstić information content (AvgIpc) is 2.77. The molecular weight excluding hydrogens is 402 g/mol. The Morgan fingerprint density at radius 1 is 1.19 bits per heavy atom. The minimum Gasteiger partial charge on any atom is -0.506 e. The summed E-state index contributed by atoms with van der Waals surface area (Å²) in [4.78, 5) is 38.7. The first-order chi connectivity index (χ1) is 14.9. The van der Waals surface area contributed by atoms with Crippen LogP contribution in [-0.2, 0) is 16.0 Å². The van der Waals surface area contributed by atoms with E-state index in [0.717, 1.165) is 32.1 Å². The average molecular weight is 431 g/mol. The molecule has 1 heterocycles. The highest BCUT2D eigenvalue weighted by Gasteiger charge is 2.26. The van der Waals surface area contributed by atoms with Crippen molar-refractivity contribution in [3.05, 3.63) is 30.4 Å². The van der Waals surface area contributed by atoms with Crippen LogP contribution in [0.5, 0.6) is 11.5 Å². The van der Waals surface area contributed by atoms with Crippen LogP contribution < -0.4 is 10.1 Å². The maximum atomic E-state index is 12.4. The van der Waals surface area contributed by atoms with Gasteiger partial charge >= 0.3 is 6.09 Å². The Hall–Kier alpha value is -3.23. The lowest BCUT2D eigenvalue weighted by Crippen LogP contribution is -2.46. The second-order valence-electron chi connectivity index (χ2n) is 7.83. The number of carboxylic acid groups (broad SMARTS) is 1. The van der Waals surface area contributed by atoms with Gasteiger partial charge in [0.2, 0.25) is 5.91 Å². The van der Waals surface area contributed by atoms with Gasteiger partial charge in [-0.2, -0.15) is 0 Å². The lowest BCUT2D eigenvalue weighted by atomic mass is 9.94. The molecule has 1 saturated carbocycles. The molecule has 1 aromatic rings. The summed E-state index contributed by atoms with van der Waals surface area (Å²) in [5.41, 5.74) is 0.890. The third-order valence-corrected chi connectivity index (χ3v) is 5.83. The number of benzene rings is 1. The van der Waals surface area contributed by atoms with Gasteiger partial charge in [0, 0.05) is 25.7 Å². The molecule has 2 aliphatic rings. The van der Waals surface area contributed by atoms with Crippen LogP contribution in [-0.4, -0.2) is 70.2 Å². The fraction of sp³-hybridized carbons (Fsp3) is 0.500. The predicted octanol–water partition coefficient (Wildman–Crippen LogP) is 2.59. The van der Waals surface area contributed by atoms with Crippen molar-refractivity contribution in [3.8, 4) is 11.5 Å². The molecule has 31 heavy (non-hydrogen) atoms. The molecule has 9 nitrogen and oxygen atoms in total. The summed E-state index contributed by atoms with van der Waals surface area (Å²) in [6, 6.07) is 3.22. The number of phenols is 1. The van der Waals surface area contributed by atoms with E-state index in [0.29, 0.717) is 24.3 Å². The van der Waals surface area contributed by atoms with E-state index in [1.54, 1.807) is 11.0 Å². The van der Waals surface area contributed by atoms with Gasteiger partial charge in [-0.3, -0.25) is 9.59 Å². The van der Waals surface area contributed by atoms with Crippen molar-refractivity contribution < 1.29 is 29.3 Å². The number of nitrogens with zero attached hydrogens (tertiary/aromatic N) is 2. The van der Waals surface area contributed by atoms with Crippen LogP contribution in [0.1, 0.15) is 37.7 Å². The quantitative estimate of drug-likeness (QED) is 0.430. The number of hydrogen-bond donors (Lipinski definition) is 3. The summed E-state index contributed by atoms with van der Waals surface area (Å²) in [5.74, 6) is -0.278. The lowest BCUT2D eigenvalue weighted by molar-refractivity contribution is -0.129. The molecule has 1 aliphatic carbocycles. The van der Waals surface area contributed by atoms with Gasteiger partial charge in [0.1, 0.15) is 11.4 Å². The lowest BCUT2D eigenvalue weighted by Gasteiger charge is -2.35. The summed E-state index contributed by atoms with van der Waals surface area (Å²) in [7, 11) is 0. The van der Waals surface area contributed by atoms with Gasteiger partial charge in [-0.05, 0) is 37.0 Å². The second kappa shape index (κ2) is 10.2.